The van der Waals surface area contributed by atoms with Gasteiger partial charge in [0.05, 0.1) is 11.0 Å². The summed E-state index contributed by atoms with van der Waals surface area (Å²) < 4.78 is 7.17. The zero-order valence-corrected chi connectivity index (χ0v) is 17.0. The van der Waals surface area contributed by atoms with Crippen molar-refractivity contribution in [2.75, 3.05) is 5.32 Å². The molecule has 2 heterocycles. The summed E-state index contributed by atoms with van der Waals surface area (Å²) in [6.45, 7) is 5.85. The van der Waals surface area contributed by atoms with Gasteiger partial charge in [-0.2, -0.15) is 4.98 Å². The van der Waals surface area contributed by atoms with Gasteiger partial charge in [0.2, 0.25) is 11.7 Å². The van der Waals surface area contributed by atoms with Gasteiger partial charge >= 0.3 is 0 Å². The zero-order valence-electron chi connectivity index (χ0n) is 17.0. The van der Waals surface area contributed by atoms with Crippen molar-refractivity contribution < 1.29 is 9.32 Å². The van der Waals surface area contributed by atoms with Crippen LogP contribution in [0.1, 0.15) is 26.0 Å². The number of hydrogen-bond donors (Lipinski definition) is 1. The van der Waals surface area contributed by atoms with Crippen LogP contribution in [0.15, 0.2) is 51.8 Å². The molecule has 0 fully saturated rings. The van der Waals surface area contributed by atoms with E-state index in [0.717, 1.165) is 23.1 Å². The first-order chi connectivity index (χ1) is 14.5. The second-order valence-corrected chi connectivity index (χ2v) is 7.04. The number of carbonyl (C=O) groups is 1. The zero-order chi connectivity index (χ0) is 21.3. The number of fused-ring (bicyclic) bond motifs is 1. The Balaban J connectivity index is 1.68. The van der Waals surface area contributed by atoms with Gasteiger partial charge in [0, 0.05) is 30.3 Å². The molecule has 0 aliphatic heterocycles. The Morgan fingerprint density at radius 3 is 2.53 bits per heavy atom. The minimum Gasteiger partial charge on any atom is -0.334 e. The summed E-state index contributed by atoms with van der Waals surface area (Å²) in [5, 5.41) is 6.80. The minimum atomic E-state index is -0.132. The molecule has 152 valence electrons. The van der Waals surface area contributed by atoms with E-state index in [4.69, 9.17) is 4.52 Å². The highest BCUT2D eigenvalue weighted by Crippen LogP contribution is 2.25. The number of aromatic nitrogens is 4. The molecule has 30 heavy (non-hydrogen) atoms. The molecule has 0 saturated carbocycles. The lowest BCUT2D eigenvalue weighted by molar-refractivity contribution is -0.114. The fourth-order valence-electron chi connectivity index (χ4n) is 3.32. The number of carbonyl (C=O) groups excluding carboxylic acids is 1. The molecule has 0 spiro atoms. The molecule has 4 rings (SSSR count). The molecule has 8 heteroatoms. The van der Waals surface area contributed by atoms with Gasteiger partial charge in [0.25, 0.3) is 11.4 Å². The average molecular weight is 403 g/mol. The minimum absolute atomic E-state index is 0.0679. The van der Waals surface area contributed by atoms with Crippen LogP contribution in [0.3, 0.4) is 0 Å². The monoisotopic (exact) mass is 403 g/mol. The van der Waals surface area contributed by atoms with E-state index in [1.54, 1.807) is 35.8 Å². The third kappa shape index (κ3) is 3.71. The highest BCUT2D eigenvalue weighted by atomic mass is 16.5. The van der Waals surface area contributed by atoms with Gasteiger partial charge < -0.3 is 14.4 Å². The van der Waals surface area contributed by atoms with Crippen molar-refractivity contribution >= 4 is 22.6 Å². The van der Waals surface area contributed by atoms with Crippen LogP contribution in [0.5, 0.6) is 0 Å². The first kappa shape index (κ1) is 19.5. The molecular formula is C22H21N5O3. The molecule has 0 bridgehead atoms. The van der Waals surface area contributed by atoms with Crippen molar-refractivity contribution in [1.29, 1.82) is 0 Å². The Morgan fingerprint density at radius 2 is 1.83 bits per heavy atom. The smallest absolute Gasteiger partial charge is 0.272 e. The van der Waals surface area contributed by atoms with Crippen molar-refractivity contribution in [1.82, 2.24) is 19.7 Å². The van der Waals surface area contributed by atoms with Crippen LogP contribution in [-0.2, 0) is 11.3 Å². The number of aryl methyl sites for hydroxylation is 2. The second kappa shape index (κ2) is 7.90. The van der Waals surface area contributed by atoms with Crippen molar-refractivity contribution in [3.05, 3.63) is 58.5 Å². The molecule has 0 unspecified atom stereocenters. The van der Waals surface area contributed by atoms with E-state index >= 15 is 0 Å². The van der Waals surface area contributed by atoms with E-state index in [-0.39, 0.29) is 11.5 Å². The van der Waals surface area contributed by atoms with Crippen LogP contribution in [-0.4, -0.2) is 25.6 Å². The number of hydrogen-bond acceptors (Lipinski definition) is 6. The van der Waals surface area contributed by atoms with Gasteiger partial charge in [-0.1, -0.05) is 12.1 Å². The van der Waals surface area contributed by atoms with Gasteiger partial charge in [0.1, 0.15) is 5.69 Å². The number of nitrogens with one attached hydrogen (secondary N) is 1. The summed E-state index contributed by atoms with van der Waals surface area (Å²) in [5.41, 5.74) is 4.08. The maximum Gasteiger partial charge on any atom is 0.272 e. The molecule has 8 nitrogen and oxygen atoms in total. The van der Waals surface area contributed by atoms with Crippen molar-refractivity contribution in [3.63, 3.8) is 0 Å². The molecule has 0 radical (unpaired) electrons. The van der Waals surface area contributed by atoms with Crippen LogP contribution in [0.25, 0.3) is 33.9 Å². The Bertz CT molecular complexity index is 1290. The van der Waals surface area contributed by atoms with Gasteiger partial charge in [-0.25, -0.2) is 4.98 Å². The number of rotatable bonds is 5. The Labute approximate surface area is 172 Å². The van der Waals surface area contributed by atoms with Crippen molar-refractivity contribution in [2.45, 2.75) is 33.7 Å². The summed E-state index contributed by atoms with van der Waals surface area (Å²) in [4.78, 5) is 32.5. The third-order valence-electron chi connectivity index (χ3n) is 4.69. The Kier molecular flexibility index (Phi) is 5.14. The molecule has 2 aromatic carbocycles. The predicted molar refractivity (Wildman–Crippen MR) is 114 cm³/mol. The van der Waals surface area contributed by atoms with Crippen molar-refractivity contribution in [3.8, 4) is 22.8 Å². The fourth-order valence-corrected chi connectivity index (χ4v) is 3.32. The number of nitrogens with zero attached hydrogens (tertiary/aromatic N) is 4. The predicted octanol–water partition coefficient (Wildman–Crippen LogP) is 3.79. The quantitative estimate of drug-likeness (QED) is 0.544. The number of amides is 1. The summed E-state index contributed by atoms with van der Waals surface area (Å²) in [6.07, 6.45) is 0.856. The van der Waals surface area contributed by atoms with Crippen LogP contribution >= 0.6 is 0 Å². The van der Waals surface area contributed by atoms with E-state index in [2.05, 4.69) is 20.4 Å². The van der Waals surface area contributed by atoms with Gasteiger partial charge in [-0.3, -0.25) is 9.59 Å². The number of anilines is 1. The highest BCUT2D eigenvalue weighted by molar-refractivity contribution is 5.88. The molecule has 0 saturated heterocycles. The van der Waals surface area contributed by atoms with E-state index < -0.39 is 0 Å². The lowest BCUT2D eigenvalue weighted by atomic mass is 10.1. The maximum atomic E-state index is 12.4. The van der Waals surface area contributed by atoms with Gasteiger partial charge in [0.15, 0.2) is 0 Å². The topological polar surface area (TPSA) is 103 Å². The maximum absolute atomic E-state index is 12.4. The van der Waals surface area contributed by atoms with E-state index in [0.29, 0.717) is 35.2 Å². The van der Waals surface area contributed by atoms with Crippen LogP contribution in [0, 0.1) is 6.92 Å². The van der Waals surface area contributed by atoms with Crippen LogP contribution in [0.4, 0.5) is 5.69 Å². The third-order valence-corrected chi connectivity index (χ3v) is 4.69. The van der Waals surface area contributed by atoms with E-state index in [1.165, 1.54) is 6.92 Å². The fraction of sp³-hybridized carbons (Fsp3) is 0.227. The molecule has 2 aromatic heterocycles. The summed E-state index contributed by atoms with van der Waals surface area (Å²) >= 11 is 0. The molecule has 1 amide bonds. The SMILES string of the molecule is CCCn1c(=O)c(C)nc2cc(-c3noc(-c4ccc(NC(C)=O)cc4)n3)ccc21. The van der Waals surface area contributed by atoms with E-state index in [1.807, 2.05) is 25.1 Å². The lowest BCUT2D eigenvalue weighted by Crippen LogP contribution is -2.24. The first-order valence-electron chi connectivity index (χ1n) is 9.69. The standard InChI is InChI=1S/C22H21N5O3/c1-4-11-27-19-10-7-16(12-18(19)23-13(2)22(27)29)20-25-21(30-26-20)15-5-8-17(9-6-15)24-14(3)28/h5-10,12H,4,11H2,1-3H3,(H,24,28). The molecular weight excluding hydrogens is 382 g/mol. The summed E-state index contributed by atoms with van der Waals surface area (Å²) in [6, 6.07) is 12.7. The molecule has 0 atom stereocenters. The molecule has 1 N–H and O–H groups in total. The highest BCUT2D eigenvalue weighted by Gasteiger charge is 2.14. The van der Waals surface area contributed by atoms with Crippen LogP contribution < -0.4 is 10.9 Å². The number of benzene rings is 2. The molecule has 0 aliphatic rings. The van der Waals surface area contributed by atoms with Crippen molar-refractivity contribution in [2.24, 2.45) is 0 Å². The molecule has 4 aromatic rings. The van der Waals surface area contributed by atoms with Crippen LogP contribution in [0.2, 0.25) is 0 Å². The average Bonchev–Trinajstić information content (AvgIpc) is 3.21. The second-order valence-electron chi connectivity index (χ2n) is 7.04. The molecule has 0 aliphatic carbocycles. The lowest BCUT2D eigenvalue weighted by Gasteiger charge is -2.10. The Morgan fingerprint density at radius 1 is 1.10 bits per heavy atom. The summed E-state index contributed by atoms with van der Waals surface area (Å²) in [7, 11) is 0. The van der Waals surface area contributed by atoms with Gasteiger partial charge in [-0.15, -0.1) is 0 Å². The van der Waals surface area contributed by atoms with E-state index in [9.17, 15) is 9.59 Å². The largest absolute Gasteiger partial charge is 0.334 e. The first-order valence-corrected chi connectivity index (χ1v) is 9.69. The Hall–Kier alpha value is -3.81. The van der Waals surface area contributed by atoms with Gasteiger partial charge in [-0.05, 0) is 55.8 Å². The normalized spacial score (nSPS) is 11.0. The summed E-state index contributed by atoms with van der Waals surface area (Å²) in [5.74, 6) is 0.678.